The second-order valence-electron chi connectivity index (χ2n) is 6.61. The fourth-order valence-corrected chi connectivity index (χ4v) is 2.18. The van der Waals surface area contributed by atoms with Gasteiger partial charge < -0.3 is 48.5 Å². The van der Waals surface area contributed by atoms with E-state index in [2.05, 4.69) is 20.9 Å². The van der Waals surface area contributed by atoms with Crippen LogP contribution in [0, 0.1) is 0 Å². The molecule has 0 aromatic heterocycles. The molecule has 0 fully saturated rings. The number of carbonyl (C=O) groups is 4. The number of carbonyl (C=O) groups excluding carboxylic acids is 3. The first kappa shape index (κ1) is 27.0. The van der Waals surface area contributed by atoms with Gasteiger partial charge >= 0.3 is 5.97 Å². The molecule has 5 atom stereocenters. The van der Waals surface area contributed by atoms with Crippen molar-refractivity contribution in [1.82, 2.24) is 16.0 Å². The molecule has 30 heavy (non-hydrogen) atoms. The molecule has 172 valence electrons. The number of amides is 3. The number of nitrogens with two attached hydrogens (primary N) is 3. The van der Waals surface area contributed by atoms with Crippen LogP contribution in [0.2, 0.25) is 0 Å². The topological polar surface area (TPSA) is 255 Å². The zero-order valence-electron chi connectivity index (χ0n) is 16.9. The zero-order valence-corrected chi connectivity index (χ0v) is 16.9. The van der Waals surface area contributed by atoms with E-state index in [1.807, 2.05) is 0 Å². The Hall–Kier alpha value is -2.97. The van der Waals surface area contributed by atoms with E-state index in [0.717, 1.165) is 0 Å². The maximum absolute atomic E-state index is 12.5. The van der Waals surface area contributed by atoms with E-state index < -0.39 is 60.6 Å². The summed E-state index contributed by atoms with van der Waals surface area (Å²) < 4.78 is 0. The van der Waals surface area contributed by atoms with Crippen molar-refractivity contribution in [2.75, 3.05) is 13.2 Å². The Bertz CT molecular complexity index is 635. The summed E-state index contributed by atoms with van der Waals surface area (Å²) in [4.78, 5) is 51.5. The highest BCUT2D eigenvalue weighted by Gasteiger charge is 2.31. The lowest BCUT2D eigenvalue weighted by Crippen LogP contribution is -2.58. The standard InChI is InChI=1S/C16H31N7O7/c1-7(17)12(26)22-10(6-24)14(28)21-9(4-3-5-20-16(18)19)13(27)23-11(8(2)25)15(29)30/h7-11,24-25H,3-6,17H2,1-2H3,(H,21,28)(H,22,26)(H,23,27)(H,29,30)(H4,18,19,20). The minimum Gasteiger partial charge on any atom is -0.480 e. The van der Waals surface area contributed by atoms with Crippen molar-refractivity contribution in [2.45, 2.75) is 57.0 Å². The molecule has 0 aliphatic rings. The van der Waals surface area contributed by atoms with Crippen molar-refractivity contribution in [3.05, 3.63) is 0 Å². The number of nitrogens with one attached hydrogen (secondary N) is 3. The number of rotatable bonds is 13. The van der Waals surface area contributed by atoms with E-state index in [4.69, 9.17) is 22.3 Å². The molecule has 0 aliphatic carbocycles. The number of aliphatic carboxylic acids is 1. The molecule has 0 radical (unpaired) electrons. The van der Waals surface area contributed by atoms with Gasteiger partial charge in [0.2, 0.25) is 17.7 Å². The fraction of sp³-hybridized carbons (Fsp3) is 0.688. The van der Waals surface area contributed by atoms with Gasteiger partial charge in [0.1, 0.15) is 12.1 Å². The summed E-state index contributed by atoms with van der Waals surface area (Å²) >= 11 is 0. The first-order chi connectivity index (χ1) is 13.9. The average molecular weight is 433 g/mol. The number of hydrogen-bond acceptors (Lipinski definition) is 8. The number of nitrogens with zero attached hydrogens (tertiary/aromatic N) is 1. The minimum atomic E-state index is -1.61. The molecule has 0 aliphatic heterocycles. The van der Waals surface area contributed by atoms with Gasteiger partial charge in [-0.25, -0.2) is 4.79 Å². The third-order valence-corrected chi connectivity index (χ3v) is 3.85. The van der Waals surface area contributed by atoms with Gasteiger partial charge in [0.25, 0.3) is 0 Å². The van der Waals surface area contributed by atoms with Crippen LogP contribution in [-0.4, -0.2) is 88.4 Å². The third kappa shape index (κ3) is 9.99. The number of carboxylic acid groups (broad SMARTS) is 1. The minimum absolute atomic E-state index is 0.000111. The lowest BCUT2D eigenvalue weighted by molar-refractivity contribution is -0.145. The van der Waals surface area contributed by atoms with Crippen molar-refractivity contribution < 1.29 is 34.5 Å². The van der Waals surface area contributed by atoms with Crippen molar-refractivity contribution in [3.8, 4) is 0 Å². The molecule has 5 unspecified atom stereocenters. The number of carboxylic acids is 1. The molecule has 14 nitrogen and oxygen atoms in total. The predicted molar refractivity (Wildman–Crippen MR) is 106 cm³/mol. The lowest BCUT2D eigenvalue weighted by Gasteiger charge is -2.24. The van der Waals surface area contributed by atoms with Gasteiger partial charge in [0, 0.05) is 6.54 Å². The number of aliphatic hydroxyl groups is 2. The summed E-state index contributed by atoms with van der Waals surface area (Å²) in [5, 5.41) is 34.7. The van der Waals surface area contributed by atoms with Gasteiger partial charge in [-0.05, 0) is 26.7 Å². The van der Waals surface area contributed by atoms with Crippen LogP contribution in [0.25, 0.3) is 0 Å². The molecule has 0 heterocycles. The van der Waals surface area contributed by atoms with Crippen molar-refractivity contribution in [1.29, 1.82) is 0 Å². The van der Waals surface area contributed by atoms with Gasteiger partial charge in [-0.1, -0.05) is 0 Å². The van der Waals surface area contributed by atoms with Crippen LogP contribution in [0.5, 0.6) is 0 Å². The SMILES string of the molecule is CC(N)C(=O)NC(CO)C(=O)NC(CCCN=C(N)N)C(=O)NC(C(=O)O)C(C)O. The Labute approximate surface area is 173 Å². The predicted octanol–water partition coefficient (Wildman–Crippen LogP) is -4.70. The fourth-order valence-electron chi connectivity index (χ4n) is 2.18. The molecule has 3 amide bonds. The highest BCUT2D eigenvalue weighted by molar-refractivity contribution is 5.94. The Morgan fingerprint density at radius 1 is 0.967 bits per heavy atom. The number of hydrogen-bond donors (Lipinski definition) is 9. The Morgan fingerprint density at radius 2 is 1.50 bits per heavy atom. The van der Waals surface area contributed by atoms with Gasteiger partial charge in [0.15, 0.2) is 12.0 Å². The highest BCUT2D eigenvalue weighted by atomic mass is 16.4. The molecule has 0 aromatic carbocycles. The van der Waals surface area contributed by atoms with E-state index in [9.17, 15) is 29.4 Å². The van der Waals surface area contributed by atoms with Gasteiger partial charge in [-0.15, -0.1) is 0 Å². The molecule has 0 saturated carbocycles. The van der Waals surface area contributed by atoms with Crippen molar-refractivity contribution >= 4 is 29.7 Å². The summed E-state index contributed by atoms with van der Waals surface area (Å²) in [6, 6.07) is -5.19. The van der Waals surface area contributed by atoms with E-state index in [1.165, 1.54) is 13.8 Å². The number of aliphatic hydroxyl groups excluding tert-OH is 2. The maximum Gasteiger partial charge on any atom is 0.328 e. The van der Waals surface area contributed by atoms with E-state index >= 15 is 0 Å². The van der Waals surface area contributed by atoms with E-state index in [1.54, 1.807) is 0 Å². The monoisotopic (exact) mass is 433 g/mol. The first-order valence-corrected chi connectivity index (χ1v) is 9.14. The molecule has 0 spiro atoms. The number of guanidine groups is 1. The van der Waals surface area contributed by atoms with Crippen LogP contribution in [0.4, 0.5) is 0 Å². The van der Waals surface area contributed by atoms with Crippen LogP contribution < -0.4 is 33.2 Å². The smallest absolute Gasteiger partial charge is 0.328 e. The van der Waals surface area contributed by atoms with Crippen LogP contribution in [0.15, 0.2) is 4.99 Å². The quantitative estimate of drug-likeness (QED) is 0.0761. The van der Waals surface area contributed by atoms with Gasteiger partial charge in [-0.3, -0.25) is 19.4 Å². The van der Waals surface area contributed by atoms with Crippen molar-refractivity contribution in [2.24, 2.45) is 22.2 Å². The molecule has 0 aromatic rings. The third-order valence-electron chi connectivity index (χ3n) is 3.85. The maximum atomic E-state index is 12.5. The van der Waals surface area contributed by atoms with Crippen LogP contribution in [-0.2, 0) is 19.2 Å². The largest absolute Gasteiger partial charge is 0.480 e. The van der Waals surface area contributed by atoms with Crippen LogP contribution in [0.3, 0.4) is 0 Å². The molecule has 12 N–H and O–H groups in total. The van der Waals surface area contributed by atoms with Crippen LogP contribution in [0.1, 0.15) is 26.7 Å². The summed E-state index contributed by atoms with van der Waals surface area (Å²) in [5.41, 5.74) is 15.8. The van der Waals surface area contributed by atoms with E-state index in [0.29, 0.717) is 0 Å². The number of aliphatic imine (C=N–C) groups is 1. The molecular formula is C16H31N7O7. The van der Waals surface area contributed by atoms with Crippen LogP contribution >= 0.6 is 0 Å². The summed E-state index contributed by atoms with van der Waals surface area (Å²) in [7, 11) is 0. The summed E-state index contributed by atoms with van der Waals surface area (Å²) in [6.07, 6.45) is -1.17. The lowest BCUT2D eigenvalue weighted by atomic mass is 10.1. The molecule has 0 saturated heterocycles. The second-order valence-corrected chi connectivity index (χ2v) is 6.61. The second kappa shape index (κ2) is 13.3. The summed E-state index contributed by atoms with van der Waals surface area (Å²) in [5.74, 6) is -4.12. The Morgan fingerprint density at radius 3 is 1.93 bits per heavy atom. The molecule has 14 heteroatoms. The van der Waals surface area contributed by atoms with Gasteiger partial charge in [-0.2, -0.15) is 0 Å². The highest BCUT2D eigenvalue weighted by Crippen LogP contribution is 2.03. The molecular weight excluding hydrogens is 402 g/mol. The molecule has 0 rings (SSSR count). The normalized spacial score (nSPS) is 15.6. The van der Waals surface area contributed by atoms with Crippen molar-refractivity contribution in [3.63, 3.8) is 0 Å². The first-order valence-electron chi connectivity index (χ1n) is 9.14. The summed E-state index contributed by atoms with van der Waals surface area (Å²) in [6.45, 7) is 1.92. The molecule has 0 bridgehead atoms. The van der Waals surface area contributed by atoms with Gasteiger partial charge in [0.05, 0.1) is 18.8 Å². The zero-order chi connectivity index (χ0) is 23.4. The average Bonchev–Trinajstić information content (AvgIpc) is 2.64. The Kier molecular flexibility index (Phi) is 12.0. The van der Waals surface area contributed by atoms with E-state index in [-0.39, 0.29) is 25.3 Å². The Balaban J connectivity index is 5.32.